The Labute approximate surface area is 167 Å². The number of benzene rings is 1. The Bertz CT molecular complexity index is 839. The number of pyridine rings is 1. The van der Waals surface area contributed by atoms with E-state index in [-0.39, 0.29) is 12.6 Å². The highest BCUT2D eigenvalue weighted by atomic mass is 35.5. The Morgan fingerprint density at radius 2 is 2.00 bits per heavy atom. The van der Waals surface area contributed by atoms with E-state index in [0.717, 1.165) is 24.2 Å². The van der Waals surface area contributed by atoms with Gasteiger partial charge in [0, 0.05) is 12.2 Å². The SMILES string of the molecule is CC(NC(=O)COC(=O)c1ccc(NC2CC2)nc1)c1ccc(Cl)c(Cl)c1. The van der Waals surface area contributed by atoms with Crippen LogP contribution in [0.2, 0.25) is 10.0 Å². The Hall–Kier alpha value is -2.31. The van der Waals surface area contributed by atoms with Gasteiger partial charge in [-0.3, -0.25) is 4.79 Å². The molecule has 1 aliphatic carbocycles. The number of rotatable bonds is 7. The summed E-state index contributed by atoms with van der Waals surface area (Å²) in [4.78, 5) is 28.2. The molecule has 2 N–H and O–H groups in total. The van der Waals surface area contributed by atoms with Crippen LogP contribution in [-0.4, -0.2) is 29.5 Å². The number of ether oxygens (including phenoxy) is 1. The summed E-state index contributed by atoms with van der Waals surface area (Å²) in [5.74, 6) is -0.290. The van der Waals surface area contributed by atoms with Crippen molar-refractivity contribution >= 4 is 40.9 Å². The van der Waals surface area contributed by atoms with E-state index >= 15 is 0 Å². The van der Waals surface area contributed by atoms with Crippen LogP contribution in [0, 0.1) is 0 Å². The highest BCUT2D eigenvalue weighted by Crippen LogP contribution is 2.25. The molecule has 8 heteroatoms. The second-order valence-electron chi connectivity index (χ2n) is 6.39. The van der Waals surface area contributed by atoms with Crippen molar-refractivity contribution in [1.82, 2.24) is 10.3 Å². The molecular weight excluding hydrogens is 389 g/mol. The predicted molar refractivity (Wildman–Crippen MR) is 104 cm³/mol. The smallest absolute Gasteiger partial charge is 0.340 e. The molecule has 0 spiro atoms. The third-order valence-electron chi connectivity index (χ3n) is 4.08. The zero-order chi connectivity index (χ0) is 19.4. The van der Waals surface area contributed by atoms with Crippen LogP contribution in [0.3, 0.4) is 0 Å². The highest BCUT2D eigenvalue weighted by Gasteiger charge is 2.21. The number of esters is 1. The topological polar surface area (TPSA) is 80.3 Å². The number of nitrogens with zero attached hydrogens (tertiary/aromatic N) is 1. The van der Waals surface area contributed by atoms with Gasteiger partial charge in [0.1, 0.15) is 5.82 Å². The number of amides is 1. The van der Waals surface area contributed by atoms with Gasteiger partial charge in [0.15, 0.2) is 6.61 Å². The van der Waals surface area contributed by atoms with Crippen LogP contribution >= 0.6 is 23.2 Å². The molecule has 3 rings (SSSR count). The molecule has 1 aliphatic rings. The third kappa shape index (κ3) is 5.58. The molecule has 0 radical (unpaired) electrons. The molecule has 1 amide bonds. The van der Waals surface area contributed by atoms with E-state index < -0.39 is 11.9 Å². The van der Waals surface area contributed by atoms with Crippen molar-refractivity contribution in [3.8, 4) is 0 Å². The zero-order valence-electron chi connectivity index (χ0n) is 14.7. The minimum Gasteiger partial charge on any atom is -0.452 e. The monoisotopic (exact) mass is 407 g/mol. The first-order valence-corrected chi connectivity index (χ1v) is 9.32. The summed E-state index contributed by atoms with van der Waals surface area (Å²) >= 11 is 11.9. The fourth-order valence-corrected chi connectivity index (χ4v) is 2.71. The molecule has 2 aromatic rings. The van der Waals surface area contributed by atoms with Gasteiger partial charge in [0.2, 0.25) is 0 Å². The Balaban J connectivity index is 1.47. The summed E-state index contributed by atoms with van der Waals surface area (Å²) in [5.41, 5.74) is 1.09. The van der Waals surface area contributed by atoms with Crippen molar-refractivity contribution in [1.29, 1.82) is 0 Å². The molecule has 1 heterocycles. The normalized spacial score (nSPS) is 14.3. The van der Waals surface area contributed by atoms with Crippen molar-refractivity contribution < 1.29 is 14.3 Å². The molecule has 1 aromatic heterocycles. The summed E-state index contributed by atoms with van der Waals surface area (Å²) < 4.78 is 5.04. The van der Waals surface area contributed by atoms with Gasteiger partial charge in [-0.15, -0.1) is 0 Å². The van der Waals surface area contributed by atoms with Gasteiger partial charge in [-0.1, -0.05) is 29.3 Å². The second-order valence-corrected chi connectivity index (χ2v) is 7.20. The third-order valence-corrected chi connectivity index (χ3v) is 4.82. The molecule has 1 saturated carbocycles. The van der Waals surface area contributed by atoms with Crippen molar-refractivity contribution in [2.24, 2.45) is 0 Å². The number of carbonyl (C=O) groups is 2. The van der Waals surface area contributed by atoms with Gasteiger partial charge in [0.25, 0.3) is 5.91 Å². The number of aromatic nitrogens is 1. The fraction of sp³-hybridized carbons (Fsp3) is 0.316. The molecule has 0 saturated heterocycles. The first-order valence-electron chi connectivity index (χ1n) is 8.56. The van der Waals surface area contributed by atoms with Crippen molar-refractivity contribution in [3.63, 3.8) is 0 Å². The molecule has 27 heavy (non-hydrogen) atoms. The first kappa shape index (κ1) is 19.5. The molecule has 1 fully saturated rings. The second kappa shape index (κ2) is 8.59. The number of nitrogens with one attached hydrogen (secondary N) is 2. The van der Waals surface area contributed by atoms with Gasteiger partial charge in [0.05, 0.1) is 21.7 Å². The summed E-state index contributed by atoms with van der Waals surface area (Å²) in [6.45, 7) is 1.42. The molecular formula is C19H19Cl2N3O3. The minimum absolute atomic E-state index is 0.293. The lowest BCUT2D eigenvalue weighted by molar-refractivity contribution is -0.124. The Morgan fingerprint density at radius 1 is 1.22 bits per heavy atom. The molecule has 6 nitrogen and oxygen atoms in total. The number of halogens is 2. The van der Waals surface area contributed by atoms with Crippen molar-refractivity contribution in [2.75, 3.05) is 11.9 Å². The van der Waals surface area contributed by atoms with E-state index in [9.17, 15) is 9.59 Å². The summed E-state index contributed by atoms with van der Waals surface area (Å²) in [5, 5.41) is 6.83. The van der Waals surface area contributed by atoms with Gasteiger partial charge < -0.3 is 15.4 Å². The lowest BCUT2D eigenvalue weighted by Crippen LogP contribution is -2.31. The molecule has 0 aliphatic heterocycles. The van der Waals surface area contributed by atoms with Gasteiger partial charge >= 0.3 is 5.97 Å². The van der Waals surface area contributed by atoms with Gasteiger partial charge in [-0.05, 0) is 49.6 Å². The van der Waals surface area contributed by atoms with E-state index in [2.05, 4.69) is 15.6 Å². The molecule has 142 valence electrons. The van der Waals surface area contributed by atoms with Crippen LogP contribution in [0.4, 0.5) is 5.82 Å². The summed E-state index contributed by atoms with van der Waals surface area (Å²) in [6, 6.07) is 8.64. The van der Waals surface area contributed by atoms with Crippen LogP contribution in [0.15, 0.2) is 36.5 Å². The Kier molecular flexibility index (Phi) is 6.19. The quantitative estimate of drug-likeness (QED) is 0.677. The van der Waals surface area contributed by atoms with E-state index in [4.69, 9.17) is 27.9 Å². The Morgan fingerprint density at radius 3 is 2.63 bits per heavy atom. The van der Waals surface area contributed by atoms with E-state index in [1.54, 1.807) is 37.3 Å². The van der Waals surface area contributed by atoms with Crippen LogP contribution < -0.4 is 10.6 Å². The van der Waals surface area contributed by atoms with Crippen molar-refractivity contribution in [3.05, 3.63) is 57.7 Å². The summed E-state index contributed by atoms with van der Waals surface area (Å²) in [6.07, 6.45) is 3.71. The number of anilines is 1. The maximum absolute atomic E-state index is 12.0. The maximum Gasteiger partial charge on any atom is 0.340 e. The lowest BCUT2D eigenvalue weighted by atomic mass is 10.1. The fourth-order valence-electron chi connectivity index (χ4n) is 2.40. The first-order chi connectivity index (χ1) is 12.9. The van der Waals surface area contributed by atoms with Gasteiger partial charge in [-0.2, -0.15) is 0 Å². The molecule has 0 bridgehead atoms. The average Bonchev–Trinajstić information content (AvgIpc) is 3.46. The number of hydrogen-bond donors (Lipinski definition) is 2. The zero-order valence-corrected chi connectivity index (χ0v) is 16.2. The average molecular weight is 408 g/mol. The largest absolute Gasteiger partial charge is 0.452 e. The maximum atomic E-state index is 12.0. The van der Waals surface area contributed by atoms with E-state index in [1.807, 2.05) is 0 Å². The van der Waals surface area contributed by atoms with Crippen LogP contribution in [0.25, 0.3) is 0 Å². The van der Waals surface area contributed by atoms with Crippen LogP contribution in [-0.2, 0) is 9.53 Å². The van der Waals surface area contributed by atoms with Crippen LogP contribution in [0.1, 0.15) is 41.7 Å². The van der Waals surface area contributed by atoms with E-state index in [1.165, 1.54) is 6.20 Å². The lowest BCUT2D eigenvalue weighted by Gasteiger charge is -2.15. The predicted octanol–water partition coefficient (Wildman–Crippen LogP) is 4.00. The molecule has 1 atom stereocenters. The van der Waals surface area contributed by atoms with Crippen molar-refractivity contribution in [2.45, 2.75) is 31.8 Å². The number of carbonyl (C=O) groups excluding carboxylic acids is 2. The van der Waals surface area contributed by atoms with Gasteiger partial charge in [-0.25, -0.2) is 9.78 Å². The van der Waals surface area contributed by atoms with E-state index in [0.29, 0.717) is 21.7 Å². The standard InChI is InChI=1S/C19H19Cl2N3O3/c1-11(12-2-6-15(20)16(21)8-12)23-18(25)10-27-19(26)13-3-7-17(22-9-13)24-14-4-5-14/h2-3,6-9,11,14H,4-5,10H2,1H3,(H,22,24)(H,23,25). The minimum atomic E-state index is -0.599. The van der Waals surface area contributed by atoms with Crippen LogP contribution in [0.5, 0.6) is 0 Å². The molecule has 1 unspecified atom stereocenters. The molecule has 1 aromatic carbocycles. The highest BCUT2D eigenvalue weighted by molar-refractivity contribution is 6.42. The summed E-state index contributed by atoms with van der Waals surface area (Å²) in [7, 11) is 0. The number of hydrogen-bond acceptors (Lipinski definition) is 5.